The van der Waals surface area contributed by atoms with Gasteiger partial charge in [-0.3, -0.25) is 0 Å². The number of hydrogen-bond donors (Lipinski definition) is 1. The van der Waals surface area contributed by atoms with E-state index in [2.05, 4.69) is 42.5 Å². The highest BCUT2D eigenvalue weighted by atomic mass is 32.2. The first-order valence-corrected chi connectivity index (χ1v) is 6.80. The zero-order valence-corrected chi connectivity index (χ0v) is 11.2. The molecule has 2 aromatic rings. The summed E-state index contributed by atoms with van der Waals surface area (Å²) < 4.78 is 1.86. The second-order valence-electron chi connectivity index (χ2n) is 4.10. The summed E-state index contributed by atoms with van der Waals surface area (Å²) in [5.74, 6) is 0.712. The molecule has 0 radical (unpaired) electrons. The summed E-state index contributed by atoms with van der Waals surface area (Å²) in [6.07, 6.45) is 2.08. The van der Waals surface area contributed by atoms with Crippen molar-refractivity contribution in [2.24, 2.45) is 0 Å². The Morgan fingerprint density at radius 3 is 2.41 bits per heavy atom. The molecule has 1 aromatic carbocycles. The molecule has 0 amide bonds. The third kappa shape index (κ3) is 2.47. The molecule has 0 aliphatic carbocycles. The summed E-state index contributed by atoms with van der Waals surface area (Å²) in [6, 6.07) is 10.6. The molecule has 1 unspecified atom stereocenters. The Morgan fingerprint density at radius 2 is 1.94 bits per heavy atom. The minimum absolute atomic E-state index is 0.166. The molecule has 0 saturated heterocycles. The Kier molecular flexibility index (Phi) is 3.43. The molecule has 90 valence electrons. The van der Waals surface area contributed by atoms with E-state index in [0.29, 0.717) is 5.82 Å². The largest absolute Gasteiger partial charge is 0.384 e. The second-order valence-corrected chi connectivity index (χ2v) is 4.98. The van der Waals surface area contributed by atoms with Gasteiger partial charge in [0.05, 0.1) is 11.7 Å². The van der Waals surface area contributed by atoms with Crippen LogP contribution in [0, 0.1) is 6.92 Å². The molecule has 0 fully saturated rings. The van der Waals surface area contributed by atoms with E-state index in [1.165, 1.54) is 10.5 Å². The van der Waals surface area contributed by atoms with Gasteiger partial charge in [-0.1, -0.05) is 12.1 Å². The van der Waals surface area contributed by atoms with Gasteiger partial charge in [0.2, 0.25) is 0 Å². The van der Waals surface area contributed by atoms with Crippen molar-refractivity contribution >= 4 is 17.6 Å². The van der Waals surface area contributed by atoms with E-state index in [9.17, 15) is 0 Å². The summed E-state index contributed by atoms with van der Waals surface area (Å²) in [5, 5.41) is 4.42. The number of nitrogens with two attached hydrogens (primary N) is 1. The minimum atomic E-state index is 0.166. The first kappa shape index (κ1) is 12.0. The van der Waals surface area contributed by atoms with Gasteiger partial charge < -0.3 is 5.73 Å². The van der Waals surface area contributed by atoms with Gasteiger partial charge in [-0.05, 0) is 37.8 Å². The van der Waals surface area contributed by atoms with Crippen molar-refractivity contribution < 1.29 is 0 Å². The van der Waals surface area contributed by atoms with Crippen LogP contribution in [-0.4, -0.2) is 16.0 Å². The highest BCUT2D eigenvalue weighted by Gasteiger charge is 2.11. The molecule has 0 aliphatic rings. The van der Waals surface area contributed by atoms with Crippen LogP contribution in [0.1, 0.15) is 24.2 Å². The van der Waals surface area contributed by atoms with Crippen molar-refractivity contribution in [2.45, 2.75) is 24.8 Å². The molecule has 2 rings (SSSR count). The Bertz CT molecular complexity index is 502. The zero-order chi connectivity index (χ0) is 12.4. The van der Waals surface area contributed by atoms with E-state index < -0.39 is 0 Å². The van der Waals surface area contributed by atoms with E-state index in [1.54, 1.807) is 11.8 Å². The molecule has 3 nitrogen and oxygen atoms in total. The third-order valence-electron chi connectivity index (χ3n) is 2.85. The summed E-state index contributed by atoms with van der Waals surface area (Å²) in [5.41, 5.74) is 8.11. The predicted octanol–water partition coefficient (Wildman–Crippen LogP) is 3.10. The molecule has 0 aliphatic heterocycles. The van der Waals surface area contributed by atoms with Gasteiger partial charge in [0, 0.05) is 11.0 Å². The average Bonchev–Trinajstić information content (AvgIpc) is 2.68. The number of hydrogen-bond acceptors (Lipinski definition) is 3. The van der Waals surface area contributed by atoms with Gasteiger partial charge in [-0.2, -0.15) is 5.10 Å². The van der Waals surface area contributed by atoms with Crippen molar-refractivity contribution in [1.82, 2.24) is 9.78 Å². The monoisotopic (exact) mass is 247 g/mol. The zero-order valence-electron chi connectivity index (χ0n) is 10.3. The summed E-state index contributed by atoms with van der Waals surface area (Å²) in [7, 11) is 0. The summed E-state index contributed by atoms with van der Waals surface area (Å²) >= 11 is 1.75. The van der Waals surface area contributed by atoms with E-state index in [4.69, 9.17) is 5.73 Å². The van der Waals surface area contributed by atoms with Gasteiger partial charge in [0.1, 0.15) is 5.82 Å². The van der Waals surface area contributed by atoms with Crippen molar-refractivity contribution in [2.75, 3.05) is 12.0 Å². The second kappa shape index (κ2) is 4.84. The van der Waals surface area contributed by atoms with E-state index in [-0.39, 0.29) is 6.04 Å². The van der Waals surface area contributed by atoms with Gasteiger partial charge >= 0.3 is 0 Å². The number of nitrogen functional groups attached to an aromatic ring is 1. The van der Waals surface area contributed by atoms with Crippen LogP contribution in [0.25, 0.3) is 0 Å². The number of aryl methyl sites for hydroxylation is 1. The normalized spacial score (nSPS) is 12.6. The number of rotatable bonds is 3. The van der Waals surface area contributed by atoms with Crippen LogP contribution < -0.4 is 5.73 Å². The van der Waals surface area contributed by atoms with Crippen LogP contribution in [0.4, 0.5) is 5.82 Å². The molecular formula is C13H17N3S. The Morgan fingerprint density at radius 1 is 1.29 bits per heavy atom. The fourth-order valence-electron chi connectivity index (χ4n) is 1.87. The lowest BCUT2D eigenvalue weighted by molar-refractivity contribution is 0.568. The van der Waals surface area contributed by atoms with Gasteiger partial charge in [0.15, 0.2) is 0 Å². The molecule has 1 atom stereocenters. The van der Waals surface area contributed by atoms with Crippen LogP contribution in [-0.2, 0) is 0 Å². The number of thioether (sulfide) groups is 1. The lowest BCUT2D eigenvalue weighted by atomic mass is 10.1. The highest BCUT2D eigenvalue weighted by molar-refractivity contribution is 7.98. The molecule has 17 heavy (non-hydrogen) atoms. The van der Waals surface area contributed by atoms with Gasteiger partial charge in [0.25, 0.3) is 0 Å². The Balaban J connectivity index is 2.30. The van der Waals surface area contributed by atoms with Crippen LogP contribution in [0.5, 0.6) is 0 Å². The van der Waals surface area contributed by atoms with Crippen LogP contribution in [0.2, 0.25) is 0 Å². The fraction of sp³-hybridized carbons (Fsp3) is 0.308. The van der Waals surface area contributed by atoms with Crippen molar-refractivity contribution in [1.29, 1.82) is 0 Å². The lowest BCUT2D eigenvalue weighted by Gasteiger charge is -2.14. The molecule has 1 aromatic heterocycles. The van der Waals surface area contributed by atoms with Crippen molar-refractivity contribution in [3.63, 3.8) is 0 Å². The molecule has 0 spiro atoms. The molecular weight excluding hydrogens is 230 g/mol. The van der Waals surface area contributed by atoms with E-state index >= 15 is 0 Å². The van der Waals surface area contributed by atoms with Crippen molar-refractivity contribution in [3.8, 4) is 0 Å². The van der Waals surface area contributed by atoms with E-state index in [1.807, 2.05) is 17.7 Å². The number of nitrogens with zero attached hydrogens (tertiary/aromatic N) is 2. The molecule has 2 N–H and O–H groups in total. The van der Waals surface area contributed by atoms with Crippen LogP contribution in [0.15, 0.2) is 35.2 Å². The minimum Gasteiger partial charge on any atom is -0.384 e. The first-order valence-electron chi connectivity index (χ1n) is 5.57. The van der Waals surface area contributed by atoms with Gasteiger partial charge in [-0.25, -0.2) is 4.68 Å². The van der Waals surface area contributed by atoms with Crippen molar-refractivity contribution in [3.05, 3.63) is 41.6 Å². The predicted molar refractivity (Wildman–Crippen MR) is 73.4 cm³/mol. The highest BCUT2D eigenvalue weighted by Crippen LogP contribution is 2.23. The lowest BCUT2D eigenvalue weighted by Crippen LogP contribution is -2.11. The molecule has 1 heterocycles. The maximum atomic E-state index is 5.93. The first-order chi connectivity index (χ1) is 8.11. The fourth-order valence-corrected chi connectivity index (χ4v) is 2.28. The molecule has 0 bridgehead atoms. The van der Waals surface area contributed by atoms with Crippen LogP contribution >= 0.6 is 11.8 Å². The average molecular weight is 247 g/mol. The number of benzene rings is 1. The number of aromatic nitrogens is 2. The molecule has 0 saturated carbocycles. The Labute approximate surface area is 106 Å². The third-order valence-corrected chi connectivity index (χ3v) is 3.60. The van der Waals surface area contributed by atoms with E-state index in [0.717, 1.165) is 5.69 Å². The summed E-state index contributed by atoms with van der Waals surface area (Å²) in [4.78, 5) is 1.27. The Hall–Kier alpha value is -1.42. The topological polar surface area (TPSA) is 43.8 Å². The summed E-state index contributed by atoms with van der Waals surface area (Å²) in [6.45, 7) is 4.06. The number of anilines is 1. The smallest absolute Gasteiger partial charge is 0.122 e. The maximum Gasteiger partial charge on any atom is 0.122 e. The van der Waals surface area contributed by atoms with Gasteiger partial charge in [-0.15, -0.1) is 11.8 Å². The molecule has 4 heteroatoms. The standard InChI is InChI=1S/C13H17N3S/c1-9-8-13(14)16(15-9)10(2)11-4-6-12(17-3)7-5-11/h4-8,10H,14H2,1-3H3. The maximum absolute atomic E-state index is 5.93. The quantitative estimate of drug-likeness (QED) is 0.848. The van der Waals surface area contributed by atoms with Crippen LogP contribution in [0.3, 0.4) is 0 Å². The SMILES string of the molecule is CSc1ccc(C(C)n2nc(C)cc2N)cc1.